The normalized spacial score (nSPS) is 10.2. The van der Waals surface area contributed by atoms with E-state index in [1.165, 1.54) is 16.8 Å². The van der Waals surface area contributed by atoms with Crippen LogP contribution in [-0.2, 0) is 0 Å². The first-order valence-corrected chi connectivity index (χ1v) is 4.71. The second-order valence-corrected chi connectivity index (χ2v) is 3.26. The van der Waals surface area contributed by atoms with Gasteiger partial charge in [-0.25, -0.2) is 5.43 Å². The zero-order chi connectivity index (χ0) is 9.84. The highest BCUT2D eigenvalue weighted by Crippen LogP contribution is 2.19. The summed E-state index contributed by atoms with van der Waals surface area (Å²) < 4.78 is 0. The van der Waals surface area contributed by atoms with Crippen LogP contribution in [0.4, 0.5) is 5.69 Å². The summed E-state index contributed by atoms with van der Waals surface area (Å²) in [6, 6.07) is 6.50. The van der Waals surface area contributed by atoms with Crippen molar-refractivity contribution in [1.82, 2.24) is 5.43 Å². The van der Waals surface area contributed by atoms with Gasteiger partial charge in [0.15, 0.2) is 0 Å². The molecule has 0 radical (unpaired) electrons. The third kappa shape index (κ3) is 2.22. The van der Waals surface area contributed by atoms with Crippen molar-refractivity contribution in [2.75, 3.05) is 18.6 Å². The average Bonchev–Trinajstić information content (AvgIpc) is 2.13. The van der Waals surface area contributed by atoms with Gasteiger partial charge in [-0.3, -0.25) is 0 Å². The van der Waals surface area contributed by atoms with Crippen LogP contribution in [0.2, 0.25) is 0 Å². The Morgan fingerprint density at radius 1 is 1.31 bits per heavy atom. The van der Waals surface area contributed by atoms with Gasteiger partial charge in [-0.1, -0.05) is 12.1 Å². The van der Waals surface area contributed by atoms with Gasteiger partial charge < -0.3 is 5.01 Å². The average molecular weight is 178 g/mol. The Bertz CT molecular complexity index is 277. The third-order valence-electron chi connectivity index (χ3n) is 2.24. The molecule has 0 aromatic heterocycles. The van der Waals surface area contributed by atoms with Crippen LogP contribution in [0.15, 0.2) is 18.2 Å². The summed E-state index contributed by atoms with van der Waals surface area (Å²) in [6.45, 7) is 7.36. The highest BCUT2D eigenvalue weighted by molar-refractivity contribution is 5.53. The first-order chi connectivity index (χ1) is 6.19. The molecule has 0 spiro atoms. The molecule has 1 rings (SSSR count). The van der Waals surface area contributed by atoms with Gasteiger partial charge in [0, 0.05) is 13.6 Å². The third-order valence-corrected chi connectivity index (χ3v) is 2.24. The summed E-state index contributed by atoms with van der Waals surface area (Å²) in [4.78, 5) is 0. The van der Waals surface area contributed by atoms with Crippen LogP contribution in [0, 0.1) is 13.8 Å². The Hall–Kier alpha value is -1.02. The fourth-order valence-electron chi connectivity index (χ4n) is 1.46. The summed E-state index contributed by atoms with van der Waals surface area (Å²) >= 11 is 0. The number of anilines is 1. The molecule has 1 aromatic carbocycles. The summed E-state index contributed by atoms with van der Waals surface area (Å²) in [7, 11) is 1.95. The molecule has 0 saturated heterocycles. The number of benzene rings is 1. The maximum absolute atomic E-state index is 3.17. The van der Waals surface area contributed by atoms with E-state index in [9.17, 15) is 0 Å². The fraction of sp³-hybridized carbons (Fsp3) is 0.455. The molecule has 0 heterocycles. The molecule has 0 aliphatic heterocycles. The molecule has 2 nitrogen and oxygen atoms in total. The maximum Gasteiger partial charge on any atom is 0.0551 e. The Morgan fingerprint density at radius 2 is 2.00 bits per heavy atom. The standard InChI is InChI=1S/C11H18N2/c1-5-13(12-4)11-8-9(2)6-7-10(11)3/h6-8,12H,5H2,1-4H3. The van der Waals surface area contributed by atoms with E-state index in [4.69, 9.17) is 0 Å². The molecule has 0 unspecified atom stereocenters. The van der Waals surface area contributed by atoms with Gasteiger partial charge >= 0.3 is 0 Å². The number of hydrogen-bond donors (Lipinski definition) is 1. The van der Waals surface area contributed by atoms with E-state index in [2.05, 4.69) is 49.4 Å². The van der Waals surface area contributed by atoms with Crippen LogP contribution in [0.25, 0.3) is 0 Å². The van der Waals surface area contributed by atoms with Gasteiger partial charge in [0.25, 0.3) is 0 Å². The van der Waals surface area contributed by atoms with Crippen LogP contribution in [-0.4, -0.2) is 13.6 Å². The van der Waals surface area contributed by atoms with Gasteiger partial charge in [0.05, 0.1) is 5.69 Å². The predicted octanol–water partition coefficient (Wildman–Crippen LogP) is 2.26. The molecule has 72 valence electrons. The van der Waals surface area contributed by atoms with Crippen molar-refractivity contribution in [1.29, 1.82) is 0 Å². The van der Waals surface area contributed by atoms with E-state index in [0.717, 1.165) is 6.54 Å². The molecule has 0 aliphatic rings. The maximum atomic E-state index is 3.17. The van der Waals surface area contributed by atoms with Gasteiger partial charge in [-0.2, -0.15) is 0 Å². The predicted molar refractivity (Wildman–Crippen MR) is 58.0 cm³/mol. The van der Waals surface area contributed by atoms with E-state index >= 15 is 0 Å². The van der Waals surface area contributed by atoms with Gasteiger partial charge in [0.2, 0.25) is 0 Å². The van der Waals surface area contributed by atoms with E-state index in [0.29, 0.717) is 0 Å². The van der Waals surface area contributed by atoms with Crippen molar-refractivity contribution in [3.63, 3.8) is 0 Å². The first kappa shape index (κ1) is 10.1. The van der Waals surface area contributed by atoms with Crippen molar-refractivity contribution >= 4 is 5.69 Å². The molecule has 0 aliphatic carbocycles. The zero-order valence-electron chi connectivity index (χ0n) is 8.89. The van der Waals surface area contributed by atoms with Crippen LogP contribution < -0.4 is 10.4 Å². The van der Waals surface area contributed by atoms with Crippen LogP contribution in [0.1, 0.15) is 18.1 Å². The number of hydrogen-bond acceptors (Lipinski definition) is 2. The minimum absolute atomic E-state index is 0.973. The van der Waals surface area contributed by atoms with Gasteiger partial charge in [-0.15, -0.1) is 0 Å². The second kappa shape index (κ2) is 4.28. The number of nitrogens with zero attached hydrogens (tertiary/aromatic N) is 1. The number of nitrogens with one attached hydrogen (secondary N) is 1. The highest BCUT2D eigenvalue weighted by atomic mass is 15.5. The summed E-state index contributed by atoms with van der Waals surface area (Å²) in [5.41, 5.74) is 7.05. The van der Waals surface area contributed by atoms with Crippen LogP contribution >= 0.6 is 0 Å². The highest BCUT2D eigenvalue weighted by Gasteiger charge is 2.04. The quantitative estimate of drug-likeness (QED) is 0.714. The lowest BCUT2D eigenvalue weighted by molar-refractivity contribution is 0.724. The molecular weight excluding hydrogens is 160 g/mol. The SMILES string of the molecule is CCN(NC)c1cc(C)ccc1C. The number of aryl methyl sites for hydroxylation is 2. The van der Waals surface area contributed by atoms with Crippen molar-refractivity contribution in [2.24, 2.45) is 0 Å². The van der Waals surface area contributed by atoms with Crippen LogP contribution in [0.5, 0.6) is 0 Å². The zero-order valence-corrected chi connectivity index (χ0v) is 8.89. The Labute approximate surface area is 80.5 Å². The lowest BCUT2D eigenvalue weighted by Crippen LogP contribution is -2.35. The molecule has 0 amide bonds. The van der Waals surface area contributed by atoms with Crippen molar-refractivity contribution in [2.45, 2.75) is 20.8 Å². The lowest BCUT2D eigenvalue weighted by atomic mass is 10.1. The van der Waals surface area contributed by atoms with E-state index < -0.39 is 0 Å². The molecule has 0 atom stereocenters. The second-order valence-electron chi connectivity index (χ2n) is 3.26. The molecule has 0 fully saturated rings. The first-order valence-electron chi connectivity index (χ1n) is 4.71. The largest absolute Gasteiger partial charge is 0.309 e. The Balaban J connectivity index is 3.03. The Kier molecular flexibility index (Phi) is 3.32. The minimum atomic E-state index is 0.973. The minimum Gasteiger partial charge on any atom is -0.309 e. The molecule has 1 N–H and O–H groups in total. The smallest absolute Gasteiger partial charge is 0.0551 e. The van der Waals surface area contributed by atoms with Gasteiger partial charge in [-0.05, 0) is 38.0 Å². The van der Waals surface area contributed by atoms with Crippen molar-refractivity contribution < 1.29 is 0 Å². The van der Waals surface area contributed by atoms with Gasteiger partial charge in [0.1, 0.15) is 0 Å². The summed E-state index contributed by atoms with van der Waals surface area (Å²) in [6.07, 6.45) is 0. The molecule has 0 bridgehead atoms. The van der Waals surface area contributed by atoms with Crippen LogP contribution in [0.3, 0.4) is 0 Å². The molecular formula is C11H18N2. The fourth-order valence-corrected chi connectivity index (χ4v) is 1.46. The lowest BCUT2D eigenvalue weighted by Gasteiger charge is -2.23. The van der Waals surface area contributed by atoms with E-state index in [1.54, 1.807) is 0 Å². The molecule has 1 aromatic rings. The number of hydrazine groups is 1. The Morgan fingerprint density at radius 3 is 2.54 bits per heavy atom. The monoisotopic (exact) mass is 178 g/mol. The van der Waals surface area contributed by atoms with E-state index in [-0.39, 0.29) is 0 Å². The van der Waals surface area contributed by atoms with E-state index in [1.807, 2.05) is 7.05 Å². The molecule has 2 heteroatoms. The summed E-state index contributed by atoms with van der Waals surface area (Å²) in [5.74, 6) is 0. The molecule has 0 saturated carbocycles. The van der Waals surface area contributed by atoms with Crippen molar-refractivity contribution in [3.05, 3.63) is 29.3 Å². The molecule has 13 heavy (non-hydrogen) atoms. The number of rotatable bonds is 3. The topological polar surface area (TPSA) is 15.3 Å². The van der Waals surface area contributed by atoms with Crippen molar-refractivity contribution in [3.8, 4) is 0 Å². The summed E-state index contributed by atoms with van der Waals surface area (Å²) in [5, 5.41) is 2.14.